The van der Waals surface area contributed by atoms with Gasteiger partial charge in [0.05, 0.1) is 6.42 Å². The normalized spacial score (nSPS) is 32.0. The second-order valence-corrected chi connectivity index (χ2v) is 9.06. The first-order chi connectivity index (χ1) is 11.7. The van der Waals surface area contributed by atoms with Gasteiger partial charge in [-0.25, -0.2) is 0 Å². The van der Waals surface area contributed by atoms with Crippen molar-refractivity contribution in [3.05, 3.63) is 0 Å². The van der Waals surface area contributed by atoms with Crippen molar-refractivity contribution in [3.8, 4) is 0 Å². The first kappa shape index (κ1) is 18.2. The quantitative estimate of drug-likeness (QED) is 0.735. The topological polar surface area (TPSA) is 86.7 Å². The summed E-state index contributed by atoms with van der Waals surface area (Å²) in [6.45, 7) is 6.42. The molecule has 0 aromatic carbocycles. The molecule has 1 aliphatic heterocycles. The minimum atomic E-state index is -0.880. The van der Waals surface area contributed by atoms with Gasteiger partial charge in [0, 0.05) is 31.5 Å². The summed E-state index contributed by atoms with van der Waals surface area (Å²) < 4.78 is 0. The number of aliphatic carboxylic acids is 1. The van der Waals surface area contributed by atoms with Crippen LogP contribution >= 0.6 is 0 Å². The Hall–Kier alpha value is -1.59. The van der Waals surface area contributed by atoms with E-state index in [1.807, 2.05) is 0 Å². The highest BCUT2D eigenvalue weighted by Gasteiger charge is 2.53. The number of fused-ring (bicyclic) bond motifs is 1. The Morgan fingerprint density at radius 1 is 1.28 bits per heavy atom. The number of hydrogen-bond donors (Lipinski definition) is 2. The predicted molar refractivity (Wildman–Crippen MR) is 92.7 cm³/mol. The molecule has 0 radical (unpaired) electrons. The largest absolute Gasteiger partial charge is 0.481 e. The molecule has 25 heavy (non-hydrogen) atoms. The third-order valence-electron chi connectivity index (χ3n) is 6.19. The number of hydrogen-bond acceptors (Lipinski definition) is 3. The minimum Gasteiger partial charge on any atom is -0.481 e. The molecule has 1 saturated heterocycles. The van der Waals surface area contributed by atoms with Crippen LogP contribution in [0.1, 0.15) is 59.3 Å². The molecule has 6 heteroatoms. The van der Waals surface area contributed by atoms with Crippen LogP contribution in [0, 0.1) is 23.2 Å². The number of carbonyl (C=O) groups is 3. The van der Waals surface area contributed by atoms with E-state index >= 15 is 0 Å². The second-order valence-electron chi connectivity index (χ2n) is 9.06. The van der Waals surface area contributed by atoms with E-state index in [1.54, 1.807) is 13.8 Å². The van der Waals surface area contributed by atoms with Gasteiger partial charge in [-0.3, -0.25) is 14.4 Å². The fourth-order valence-electron chi connectivity index (χ4n) is 4.92. The Labute approximate surface area is 149 Å². The van der Waals surface area contributed by atoms with E-state index < -0.39 is 11.4 Å². The minimum absolute atomic E-state index is 0.0181. The summed E-state index contributed by atoms with van der Waals surface area (Å²) in [6, 6.07) is 0.834. The molecule has 1 heterocycles. The van der Waals surface area contributed by atoms with Crippen molar-refractivity contribution in [3.63, 3.8) is 0 Å². The van der Waals surface area contributed by atoms with E-state index in [1.165, 1.54) is 0 Å². The van der Waals surface area contributed by atoms with Crippen LogP contribution in [-0.4, -0.2) is 46.4 Å². The SMILES string of the molecule is C[C@H]1C[C@@H]2[C@@H](CC(=O)N2C2CC2)[C@@H]1CNC(=O)CC(C)(C)CC(=O)O. The van der Waals surface area contributed by atoms with Gasteiger partial charge in [0.1, 0.15) is 0 Å². The van der Waals surface area contributed by atoms with Gasteiger partial charge in [-0.05, 0) is 42.4 Å². The number of amides is 2. The summed E-state index contributed by atoms with van der Waals surface area (Å²) in [5.41, 5.74) is -0.550. The van der Waals surface area contributed by atoms with Crippen LogP contribution in [0.2, 0.25) is 0 Å². The first-order valence-electron chi connectivity index (χ1n) is 9.47. The van der Waals surface area contributed by atoms with E-state index in [-0.39, 0.29) is 18.7 Å². The molecular formula is C19H30N2O4. The molecule has 3 rings (SSSR count). The molecular weight excluding hydrogens is 320 g/mol. The van der Waals surface area contributed by atoms with Gasteiger partial charge in [-0.15, -0.1) is 0 Å². The van der Waals surface area contributed by atoms with Gasteiger partial charge in [0.15, 0.2) is 0 Å². The second kappa shape index (κ2) is 6.61. The zero-order valence-electron chi connectivity index (χ0n) is 15.5. The van der Waals surface area contributed by atoms with Crippen molar-refractivity contribution in [2.75, 3.05) is 6.54 Å². The monoisotopic (exact) mass is 350 g/mol. The highest BCUT2D eigenvalue weighted by atomic mass is 16.4. The number of nitrogens with one attached hydrogen (secondary N) is 1. The molecule has 3 aliphatic rings. The van der Waals surface area contributed by atoms with Crippen molar-refractivity contribution in [2.45, 2.75) is 71.4 Å². The number of carbonyl (C=O) groups excluding carboxylic acids is 2. The molecule has 2 amide bonds. The van der Waals surface area contributed by atoms with E-state index in [2.05, 4.69) is 17.1 Å². The van der Waals surface area contributed by atoms with E-state index in [0.29, 0.717) is 48.7 Å². The number of carboxylic acid groups (broad SMARTS) is 1. The van der Waals surface area contributed by atoms with Crippen LogP contribution in [0.4, 0.5) is 0 Å². The van der Waals surface area contributed by atoms with Gasteiger partial charge in [-0.2, -0.15) is 0 Å². The van der Waals surface area contributed by atoms with Crippen molar-refractivity contribution < 1.29 is 19.5 Å². The van der Waals surface area contributed by atoms with Crippen LogP contribution in [0.25, 0.3) is 0 Å². The number of nitrogens with zero attached hydrogens (tertiary/aromatic N) is 1. The average molecular weight is 350 g/mol. The Kier molecular flexibility index (Phi) is 4.82. The molecule has 2 saturated carbocycles. The standard InChI is InChI=1S/C19H30N2O4/c1-11-6-15-13(7-17(23)21(15)12-4-5-12)14(11)10-20-16(22)8-19(2,3)9-18(24)25/h11-15H,4-10H2,1-3H3,(H,20,22)(H,24,25)/t11-,13-,14+,15+/m0/s1. The highest BCUT2D eigenvalue weighted by molar-refractivity contribution is 5.80. The first-order valence-corrected chi connectivity index (χ1v) is 9.47. The lowest BCUT2D eigenvalue weighted by Gasteiger charge is -2.25. The summed E-state index contributed by atoms with van der Waals surface area (Å²) >= 11 is 0. The van der Waals surface area contributed by atoms with Crippen molar-refractivity contribution >= 4 is 17.8 Å². The van der Waals surface area contributed by atoms with E-state index in [4.69, 9.17) is 5.11 Å². The third kappa shape index (κ3) is 3.98. The molecule has 3 fully saturated rings. The van der Waals surface area contributed by atoms with Crippen molar-refractivity contribution in [1.82, 2.24) is 10.2 Å². The summed E-state index contributed by atoms with van der Waals surface area (Å²) in [5.74, 6) is 0.514. The van der Waals surface area contributed by atoms with Crippen molar-refractivity contribution in [2.24, 2.45) is 23.2 Å². The fourth-order valence-corrected chi connectivity index (χ4v) is 4.92. The number of rotatable bonds is 7. The van der Waals surface area contributed by atoms with Crippen LogP contribution in [0.5, 0.6) is 0 Å². The molecule has 0 bridgehead atoms. The molecule has 2 aliphatic carbocycles. The van der Waals surface area contributed by atoms with Gasteiger partial charge >= 0.3 is 5.97 Å². The Morgan fingerprint density at radius 3 is 2.56 bits per heavy atom. The van der Waals surface area contributed by atoms with Gasteiger partial charge < -0.3 is 15.3 Å². The Morgan fingerprint density at radius 2 is 1.96 bits per heavy atom. The lowest BCUT2D eigenvalue weighted by atomic mass is 9.85. The van der Waals surface area contributed by atoms with Gasteiger partial charge in [0.25, 0.3) is 0 Å². The lowest BCUT2D eigenvalue weighted by Crippen LogP contribution is -2.37. The van der Waals surface area contributed by atoms with Crippen LogP contribution in [0.15, 0.2) is 0 Å². The fraction of sp³-hybridized carbons (Fsp3) is 0.842. The number of carboxylic acids is 1. The van der Waals surface area contributed by atoms with E-state index in [0.717, 1.165) is 19.3 Å². The predicted octanol–water partition coefficient (Wildman–Crippen LogP) is 2.03. The summed E-state index contributed by atoms with van der Waals surface area (Å²) in [7, 11) is 0. The molecule has 0 aromatic heterocycles. The molecule has 6 nitrogen and oxygen atoms in total. The maximum atomic E-state index is 12.3. The molecule has 0 aromatic rings. The highest BCUT2D eigenvalue weighted by Crippen LogP contribution is 2.49. The van der Waals surface area contributed by atoms with Crippen LogP contribution in [0.3, 0.4) is 0 Å². The van der Waals surface area contributed by atoms with Gasteiger partial charge in [-0.1, -0.05) is 20.8 Å². The summed E-state index contributed by atoms with van der Waals surface area (Å²) in [6.07, 6.45) is 4.14. The van der Waals surface area contributed by atoms with Gasteiger partial charge in [0.2, 0.25) is 11.8 Å². The smallest absolute Gasteiger partial charge is 0.303 e. The Balaban J connectivity index is 1.53. The maximum absolute atomic E-state index is 12.3. The van der Waals surface area contributed by atoms with Crippen LogP contribution in [-0.2, 0) is 14.4 Å². The zero-order valence-corrected chi connectivity index (χ0v) is 15.5. The molecule has 4 atom stereocenters. The third-order valence-corrected chi connectivity index (χ3v) is 6.19. The Bertz CT molecular complexity index is 570. The summed E-state index contributed by atoms with van der Waals surface area (Å²) in [4.78, 5) is 37.6. The van der Waals surface area contributed by atoms with Crippen molar-refractivity contribution in [1.29, 1.82) is 0 Å². The molecule has 140 valence electrons. The lowest BCUT2D eigenvalue weighted by molar-refractivity contribution is -0.139. The van der Waals surface area contributed by atoms with Crippen LogP contribution < -0.4 is 5.32 Å². The maximum Gasteiger partial charge on any atom is 0.303 e. The van der Waals surface area contributed by atoms with E-state index in [9.17, 15) is 14.4 Å². The summed E-state index contributed by atoms with van der Waals surface area (Å²) in [5, 5.41) is 11.9. The molecule has 2 N–H and O–H groups in total. The molecule has 0 unspecified atom stereocenters. The molecule has 0 spiro atoms. The average Bonchev–Trinajstić information content (AvgIpc) is 3.16. The number of likely N-dealkylation sites (tertiary alicyclic amines) is 1. The zero-order chi connectivity index (χ0) is 18.4.